The molecule has 22 heavy (non-hydrogen) atoms. The van der Waals surface area contributed by atoms with Gasteiger partial charge in [0.1, 0.15) is 11.5 Å². The molecule has 7 nitrogen and oxygen atoms in total. The number of nitrogens with two attached hydrogens (primary N) is 1. The van der Waals surface area contributed by atoms with Crippen LogP contribution in [0.15, 0.2) is 21.5 Å². The molecule has 0 spiro atoms. The summed E-state index contributed by atoms with van der Waals surface area (Å²) >= 11 is 6.06. The van der Waals surface area contributed by atoms with Crippen molar-refractivity contribution in [2.24, 2.45) is 12.9 Å². The second-order valence-electron chi connectivity index (χ2n) is 4.54. The van der Waals surface area contributed by atoms with Crippen LogP contribution in [0, 0.1) is 0 Å². The second-order valence-corrected chi connectivity index (χ2v) is 6.22. The van der Waals surface area contributed by atoms with Gasteiger partial charge in [0.2, 0.25) is 5.71 Å². The molecule has 0 radical (unpaired) electrons. The molecule has 2 aromatic heterocycles. The molecule has 114 valence electrons. The maximum Gasteiger partial charge on any atom is 0.354 e. The van der Waals surface area contributed by atoms with Crippen LogP contribution in [0.4, 0.5) is 0 Å². The normalized spacial score (nSPS) is 17.0. The van der Waals surface area contributed by atoms with Crippen molar-refractivity contribution >= 4 is 57.4 Å². The van der Waals surface area contributed by atoms with Gasteiger partial charge in [-0.1, -0.05) is 24.0 Å². The molecule has 0 aliphatic carbocycles. The summed E-state index contributed by atoms with van der Waals surface area (Å²) < 4.78 is 12.2. The third-order valence-electron chi connectivity index (χ3n) is 3.21. The van der Waals surface area contributed by atoms with Crippen LogP contribution in [0.2, 0.25) is 0 Å². The van der Waals surface area contributed by atoms with Gasteiger partial charge >= 0.3 is 5.97 Å². The first-order valence-corrected chi connectivity index (χ1v) is 7.35. The average molecular weight is 337 g/mol. The van der Waals surface area contributed by atoms with Crippen molar-refractivity contribution in [1.29, 1.82) is 0 Å². The van der Waals surface area contributed by atoms with E-state index in [0.717, 1.165) is 22.2 Å². The lowest BCUT2D eigenvalue weighted by Gasteiger charge is -2.02. The van der Waals surface area contributed by atoms with Crippen LogP contribution >= 0.6 is 24.0 Å². The number of ether oxygens (including phenoxy) is 1. The van der Waals surface area contributed by atoms with Crippen molar-refractivity contribution in [1.82, 2.24) is 9.58 Å². The molecule has 2 N–H and O–H groups in total. The van der Waals surface area contributed by atoms with Gasteiger partial charge in [-0.05, 0) is 12.1 Å². The van der Waals surface area contributed by atoms with Crippen molar-refractivity contribution in [2.45, 2.75) is 0 Å². The molecule has 1 amide bonds. The van der Waals surface area contributed by atoms with E-state index in [0.29, 0.717) is 26.4 Å². The van der Waals surface area contributed by atoms with Crippen LogP contribution in [0.5, 0.6) is 0 Å². The smallest absolute Gasteiger partial charge is 0.354 e. The molecule has 1 aliphatic heterocycles. The van der Waals surface area contributed by atoms with Crippen molar-refractivity contribution in [2.75, 3.05) is 7.11 Å². The summed E-state index contributed by atoms with van der Waals surface area (Å²) in [5.74, 6) is 5.17. The van der Waals surface area contributed by atoms with Gasteiger partial charge in [0, 0.05) is 18.5 Å². The van der Waals surface area contributed by atoms with E-state index in [2.05, 4.69) is 0 Å². The molecule has 0 atom stereocenters. The molecule has 1 fully saturated rings. The number of aromatic nitrogens is 1. The summed E-state index contributed by atoms with van der Waals surface area (Å²) in [5.41, 5.74) is 0.894. The molecule has 3 heterocycles. The zero-order valence-electron chi connectivity index (χ0n) is 11.7. The fourth-order valence-corrected chi connectivity index (χ4v) is 3.20. The number of amides is 1. The number of esters is 1. The summed E-state index contributed by atoms with van der Waals surface area (Å²) in [6.45, 7) is 0. The van der Waals surface area contributed by atoms with Crippen LogP contribution in [-0.2, 0) is 16.6 Å². The van der Waals surface area contributed by atoms with E-state index in [4.69, 9.17) is 27.2 Å². The molecular formula is C13H11N3O4S2. The Balaban J connectivity index is 1.99. The fourth-order valence-electron chi connectivity index (χ4n) is 2.11. The predicted octanol–water partition coefficient (Wildman–Crippen LogP) is 1.63. The number of thiocarbonyl (C=S) groups is 1. The number of hydrogen-bond acceptors (Lipinski definition) is 7. The van der Waals surface area contributed by atoms with Crippen molar-refractivity contribution in [3.05, 3.63) is 28.5 Å². The van der Waals surface area contributed by atoms with Gasteiger partial charge in [0.05, 0.1) is 12.0 Å². The largest absolute Gasteiger partial charge is 0.464 e. The maximum absolute atomic E-state index is 11.8. The topological polar surface area (TPSA) is 90.7 Å². The quantitative estimate of drug-likeness (QED) is 0.293. The number of methoxy groups -OCH3 is 1. The van der Waals surface area contributed by atoms with Gasteiger partial charge in [0.15, 0.2) is 4.32 Å². The van der Waals surface area contributed by atoms with Gasteiger partial charge in [-0.2, -0.15) is 0 Å². The Morgan fingerprint density at radius 1 is 1.50 bits per heavy atom. The molecule has 2 aromatic rings. The lowest BCUT2D eigenvalue weighted by atomic mass is 10.3. The van der Waals surface area contributed by atoms with Gasteiger partial charge in [0.25, 0.3) is 5.91 Å². The number of fused-ring (bicyclic) bond motifs is 1. The lowest BCUT2D eigenvalue weighted by molar-refractivity contribution is -0.122. The van der Waals surface area contributed by atoms with Gasteiger partial charge in [-0.25, -0.2) is 15.6 Å². The Morgan fingerprint density at radius 3 is 2.77 bits per heavy atom. The second kappa shape index (κ2) is 5.27. The minimum absolute atomic E-state index is 0.292. The molecule has 0 unspecified atom stereocenters. The highest BCUT2D eigenvalue weighted by atomic mass is 32.2. The molecule has 3 rings (SSSR count). The molecular weight excluding hydrogens is 326 g/mol. The van der Waals surface area contributed by atoms with Crippen molar-refractivity contribution < 1.29 is 18.7 Å². The molecule has 0 bridgehead atoms. The minimum Gasteiger partial charge on any atom is -0.464 e. The van der Waals surface area contributed by atoms with Crippen LogP contribution in [0.1, 0.15) is 16.2 Å². The van der Waals surface area contributed by atoms with Crippen molar-refractivity contribution in [3.63, 3.8) is 0 Å². The zero-order chi connectivity index (χ0) is 16.0. The zero-order valence-corrected chi connectivity index (χ0v) is 13.3. The van der Waals surface area contributed by atoms with Gasteiger partial charge in [-0.15, -0.1) is 0 Å². The van der Waals surface area contributed by atoms with Gasteiger partial charge in [-0.3, -0.25) is 4.79 Å². The van der Waals surface area contributed by atoms with Crippen molar-refractivity contribution in [3.8, 4) is 0 Å². The number of carbonyl (C=O) groups excluding carboxylic acids is 2. The van der Waals surface area contributed by atoms with Crippen LogP contribution in [0.25, 0.3) is 17.2 Å². The Hall–Kier alpha value is -2.10. The first kappa shape index (κ1) is 14.8. The Bertz CT molecular complexity index is 849. The molecule has 1 aliphatic rings. The van der Waals surface area contributed by atoms with E-state index in [1.165, 1.54) is 7.11 Å². The molecule has 9 heteroatoms. The van der Waals surface area contributed by atoms with Gasteiger partial charge < -0.3 is 13.7 Å². The number of hydrazine groups is 1. The molecule has 0 saturated carbocycles. The predicted molar refractivity (Wildman–Crippen MR) is 85.7 cm³/mol. The summed E-state index contributed by atoms with van der Waals surface area (Å²) in [7, 11) is 3.01. The summed E-state index contributed by atoms with van der Waals surface area (Å²) in [6.07, 6.45) is 1.57. The Labute approximate surface area is 134 Å². The molecule has 0 aromatic carbocycles. The summed E-state index contributed by atoms with van der Waals surface area (Å²) in [4.78, 5) is 23.8. The highest BCUT2D eigenvalue weighted by molar-refractivity contribution is 8.26. The van der Waals surface area contributed by atoms with E-state index >= 15 is 0 Å². The third-order valence-corrected chi connectivity index (χ3v) is 4.54. The fraction of sp³-hybridized carbons (Fsp3) is 0.154. The number of furan rings is 1. The SMILES string of the molecule is COC(=O)c1cc2cc(/C=C3\SC(=S)N(N)C3=O)oc2n1C. The number of nitrogens with zero attached hydrogens (tertiary/aromatic N) is 2. The highest BCUT2D eigenvalue weighted by Crippen LogP contribution is 2.32. The number of aryl methyl sites for hydroxylation is 1. The monoisotopic (exact) mass is 337 g/mol. The first-order chi connectivity index (χ1) is 10.4. The number of hydrogen-bond donors (Lipinski definition) is 1. The maximum atomic E-state index is 11.8. The number of thioether (sulfide) groups is 1. The van der Waals surface area contributed by atoms with Crippen LogP contribution in [0.3, 0.4) is 0 Å². The first-order valence-electron chi connectivity index (χ1n) is 6.12. The molecule has 1 saturated heterocycles. The van der Waals surface area contributed by atoms with E-state index in [1.807, 2.05) is 0 Å². The summed E-state index contributed by atoms with van der Waals surface area (Å²) in [5, 5.41) is 1.65. The van der Waals surface area contributed by atoms with E-state index in [9.17, 15) is 9.59 Å². The lowest BCUT2D eigenvalue weighted by Crippen LogP contribution is -2.34. The Kier molecular flexibility index (Phi) is 3.55. The Morgan fingerprint density at radius 2 is 2.23 bits per heavy atom. The minimum atomic E-state index is -0.445. The standard InChI is InChI=1S/C13H11N3O4S2/c1-15-8(12(18)19-2)4-6-3-7(20-11(6)15)5-9-10(17)16(14)13(21)22-9/h3-5H,14H2,1-2H3/b9-5-. The number of rotatable bonds is 2. The van der Waals surface area contributed by atoms with E-state index < -0.39 is 5.97 Å². The number of carbonyl (C=O) groups is 2. The van der Waals surface area contributed by atoms with E-state index in [-0.39, 0.29) is 5.91 Å². The van der Waals surface area contributed by atoms with Crippen LogP contribution < -0.4 is 5.84 Å². The van der Waals surface area contributed by atoms with Crippen LogP contribution in [-0.4, -0.2) is 32.9 Å². The average Bonchev–Trinajstić information content (AvgIpc) is 3.10. The third kappa shape index (κ3) is 2.23. The highest BCUT2D eigenvalue weighted by Gasteiger charge is 2.30. The summed E-state index contributed by atoms with van der Waals surface area (Å²) in [6, 6.07) is 3.39. The van der Waals surface area contributed by atoms with E-state index in [1.54, 1.807) is 29.8 Å².